The standard InChI is InChI=1S/C21H24N4O5/c1-21(2,3)19-23(4)18(26)17(24(19)20(27)28)10-13-8-9-16(22-12-13)14-6-5-7-15(11-14)25(29)30/h5-9,11-12,17,19H,10H2,1-4H3,(H,27,28). The van der Waals surface area contributed by atoms with Crippen molar-refractivity contribution in [1.82, 2.24) is 14.8 Å². The zero-order chi connectivity index (χ0) is 22.2. The Balaban J connectivity index is 1.85. The van der Waals surface area contributed by atoms with E-state index in [1.54, 1.807) is 37.5 Å². The molecule has 2 atom stereocenters. The van der Waals surface area contributed by atoms with Crippen LogP contribution in [0.1, 0.15) is 26.3 Å². The first-order valence-corrected chi connectivity index (χ1v) is 9.48. The number of carbonyl (C=O) groups excluding carboxylic acids is 1. The van der Waals surface area contributed by atoms with E-state index >= 15 is 0 Å². The fourth-order valence-electron chi connectivity index (χ4n) is 3.97. The van der Waals surface area contributed by atoms with Gasteiger partial charge in [-0.15, -0.1) is 0 Å². The highest BCUT2D eigenvalue weighted by Crippen LogP contribution is 2.35. The molecular formula is C21H24N4O5. The van der Waals surface area contributed by atoms with Crippen LogP contribution in [0.3, 0.4) is 0 Å². The zero-order valence-corrected chi connectivity index (χ0v) is 17.3. The molecule has 0 bridgehead atoms. The van der Waals surface area contributed by atoms with E-state index in [0.29, 0.717) is 16.8 Å². The first-order valence-electron chi connectivity index (χ1n) is 9.48. The summed E-state index contributed by atoms with van der Waals surface area (Å²) in [5.74, 6) is -0.250. The van der Waals surface area contributed by atoms with E-state index < -0.39 is 28.6 Å². The zero-order valence-electron chi connectivity index (χ0n) is 17.3. The molecule has 1 saturated heterocycles. The maximum Gasteiger partial charge on any atom is 0.409 e. The quantitative estimate of drug-likeness (QED) is 0.608. The third-order valence-corrected chi connectivity index (χ3v) is 5.20. The fourth-order valence-corrected chi connectivity index (χ4v) is 3.97. The van der Waals surface area contributed by atoms with Crippen LogP contribution in [-0.4, -0.2) is 56.1 Å². The number of pyridine rings is 1. The lowest BCUT2D eigenvalue weighted by atomic mass is 9.91. The van der Waals surface area contributed by atoms with Crippen molar-refractivity contribution in [1.29, 1.82) is 0 Å². The summed E-state index contributed by atoms with van der Waals surface area (Å²) in [6, 6.07) is 8.81. The molecule has 1 aliphatic rings. The van der Waals surface area contributed by atoms with E-state index in [-0.39, 0.29) is 18.0 Å². The minimum absolute atomic E-state index is 0.0247. The molecule has 9 heteroatoms. The monoisotopic (exact) mass is 412 g/mol. The average molecular weight is 412 g/mol. The maximum absolute atomic E-state index is 12.8. The number of carbonyl (C=O) groups is 2. The number of nitro benzene ring substituents is 1. The lowest BCUT2D eigenvalue weighted by molar-refractivity contribution is -0.384. The second kappa shape index (κ2) is 7.74. The van der Waals surface area contributed by atoms with Crippen molar-refractivity contribution in [2.45, 2.75) is 39.4 Å². The van der Waals surface area contributed by atoms with Crippen molar-refractivity contribution in [2.24, 2.45) is 5.41 Å². The van der Waals surface area contributed by atoms with Gasteiger partial charge in [0.25, 0.3) is 5.69 Å². The number of benzene rings is 1. The average Bonchev–Trinajstić information content (AvgIpc) is 2.94. The van der Waals surface area contributed by atoms with Crippen LogP contribution >= 0.6 is 0 Å². The normalized spacial score (nSPS) is 19.3. The number of hydrogen-bond donors (Lipinski definition) is 1. The molecule has 0 aliphatic carbocycles. The molecule has 9 nitrogen and oxygen atoms in total. The Morgan fingerprint density at radius 1 is 1.27 bits per heavy atom. The van der Waals surface area contributed by atoms with Gasteiger partial charge in [-0.25, -0.2) is 4.79 Å². The van der Waals surface area contributed by atoms with Crippen LogP contribution in [0.5, 0.6) is 0 Å². The molecular weight excluding hydrogens is 388 g/mol. The molecule has 30 heavy (non-hydrogen) atoms. The molecule has 0 radical (unpaired) electrons. The Morgan fingerprint density at radius 3 is 2.50 bits per heavy atom. The first kappa shape index (κ1) is 21.2. The minimum atomic E-state index is -1.14. The lowest BCUT2D eigenvalue weighted by Gasteiger charge is -2.37. The van der Waals surface area contributed by atoms with E-state index in [4.69, 9.17) is 0 Å². The summed E-state index contributed by atoms with van der Waals surface area (Å²) in [5.41, 5.74) is 1.40. The molecule has 2 unspecified atom stereocenters. The Morgan fingerprint density at radius 2 is 1.97 bits per heavy atom. The van der Waals surface area contributed by atoms with E-state index in [2.05, 4.69) is 4.98 Å². The van der Waals surface area contributed by atoms with Crippen LogP contribution in [0.15, 0.2) is 42.6 Å². The van der Waals surface area contributed by atoms with Gasteiger partial charge in [0.05, 0.1) is 10.6 Å². The second-order valence-electron chi connectivity index (χ2n) is 8.46. The number of rotatable bonds is 4. The van der Waals surface area contributed by atoms with Crippen molar-refractivity contribution < 1.29 is 19.6 Å². The Labute approximate surface area is 174 Å². The van der Waals surface area contributed by atoms with Crippen LogP contribution < -0.4 is 0 Å². The van der Waals surface area contributed by atoms with Gasteiger partial charge in [0.2, 0.25) is 5.91 Å². The summed E-state index contributed by atoms with van der Waals surface area (Å²) in [6.07, 6.45) is 0.0688. The smallest absolute Gasteiger partial charge is 0.409 e. The SMILES string of the molecule is CN1C(=O)C(Cc2ccc(-c3cccc([N+](=O)[O-])c3)nc2)N(C(=O)O)C1C(C)(C)C. The van der Waals surface area contributed by atoms with Gasteiger partial charge in [-0.2, -0.15) is 0 Å². The first-order chi connectivity index (χ1) is 14.0. The topological polar surface area (TPSA) is 117 Å². The van der Waals surface area contributed by atoms with E-state index in [9.17, 15) is 24.8 Å². The van der Waals surface area contributed by atoms with Crippen LogP contribution in [-0.2, 0) is 11.2 Å². The van der Waals surface area contributed by atoms with Crippen molar-refractivity contribution >= 4 is 17.7 Å². The minimum Gasteiger partial charge on any atom is -0.465 e. The number of nitrogens with zero attached hydrogens (tertiary/aromatic N) is 4. The van der Waals surface area contributed by atoms with Gasteiger partial charge in [-0.1, -0.05) is 39.0 Å². The van der Waals surface area contributed by atoms with Gasteiger partial charge in [0.1, 0.15) is 12.2 Å². The van der Waals surface area contributed by atoms with Crippen molar-refractivity contribution in [3.8, 4) is 11.3 Å². The van der Waals surface area contributed by atoms with E-state index in [1.165, 1.54) is 21.9 Å². The third kappa shape index (κ3) is 3.96. The predicted octanol–water partition coefficient (Wildman–Crippen LogP) is 3.39. The van der Waals surface area contributed by atoms with E-state index in [1.807, 2.05) is 20.8 Å². The highest BCUT2D eigenvalue weighted by Gasteiger charge is 2.51. The van der Waals surface area contributed by atoms with Gasteiger partial charge in [0, 0.05) is 42.8 Å². The van der Waals surface area contributed by atoms with Gasteiger partial charge in [-0.05, 0) is 11.6 Å². The van der Waals surface area contributed by atoms with Gasteiger partial charge in [-0.3, -0.25) is 24.8 Å². The van der Waals surface area contributed by atoms with Gasteiger partial charge >= 0.3 is 6.09 Å². The number of likely N-dealkylation sites (N-methyl/N-ethyl adjacent to an activating group) is 1. The van der Waals surface area contributed by atoms with Crippen molar-refractivity contribution in [2.75, 3.05) is 7.05 Å². The molecule has 0 spiro atoms. The van der Waals surface area contributed by atoms with Crippen molar-refractivity contribution in [3.63, 3.8) is 0 Å². The van der Waals surface area contributed by atoms with Crippen LogP contribution in [0.2, 0.25) is 0 Å². The molecule has 0 saturated carbocycles. The molecule has 2 amide bonds. The van der Waals surface area contributed by atoms with Gasteiger partial charge < -0.3 is 10.0 Å². The number of nitro groups is 1. The number of aromatic nitrogens is 1. The number of carboxylic acid groups (broad SMARTS) is 1. The fraction of sp³-hybridized carbons (Fsp3) is 0.381. The maximum atomic E-state index is 12.8. The number of non-ortho nitro benzene ring substituents is 1. The molecule has 1 aromatic heterocycles. The largest absolute Gasteiger partial charge is 0.465 e. The van der Waals surface area contributed by atoms with Gasteiger partial charge in [0.15, 0.2) is 0 Å². The molecule has 2 aromatic rings. The molecule has 158 valence electrons. The highest BCUT2D eigenvalue weighted by molar-refractivity contribution is 5.89. The summed E-state index contributed by atoms with van der Waals surface area (Å²) in [6.45, 7) is 5.69. The van der Waals surface area contributed by atoms with Crippen LogP contribution in [0.25, 0.3) is 11.3 Å². The van der Waals surface area contributed by atoms with Crippen LogP contribution in [0.4, 0.5) is 10.5 Å². The van der Waals surface area contributed by atoms with Crippen LogP contribution in [0, 0.1) is 15.5 Å². The summed E-state index contributed by atoms with van der Waals surface area (Å²) in [5, 5.41) is 20.7. The lowest BCUT2D eigenvalue weighted by Crippen LogP contribution is -2.50. The Hall–Kier alpha value is -3.49. The Kier molecular flexibility index (Phi) is 5.47. The molecule has 3 rings (SSSR count). The molecule has 1 fully saturated rings. The molecule has 2 heterocycles. The molecule has 1 aromatic carbocycles. The Bertz CT molecular complexity index is 984. The molecule has 1 N–H and O–H groups in total. The summed E-state index contributed by atoms with van der Waals surface area (Å²) in [4.78, 5) is 42.3. The summed E-state index contributed by atoms with van der Waals surface area (Å²) >= 11 is 0. The second-order valence-corrected chi connectivity index (χ2v) is 8.46. The highest BCUT2D eigenvalue weighted by atomic mass is 16.6. The third-order valence-electron chi connectivity index (χ3n) is 5.20. The summed E-state index contributed by atoms with van der Waals surface area (Å²) in [7, 11) is 1.62. The summed E-state index contributed by atoms with van der Waals surface area (Å²) < 4.78 is 0. The predicted molar refractivity (Wildman–Crippen MR) is 110 cm³/mol. The number of hydrogen-bond acceptors (Lipinski definition) is 5. The van der Waals surface area contributed by atoms with Crippen molar-refractivity contribution in [3.05, 3.63) is 58.3 Å². The molecule has 1 aliphatic heterocycles. The van der Waals surface area contributed by atoms with E-state index in [0.717, 1.165) is 0 Å². The number of amides is 2.